The Kier molecular flexibility index (Phi) is 4.53. The Morgan fingerprint density at radius 3 is 2.44 bits per heavy atom. The maximum Gasteiger partial charge on any atom is 0.207 e. The van der Waals surface area contributed by atoms with Crippen LogP contribution in [0.2, 0.25) is 0 Å². The first-order valence-electron chi connectivity index (χ1n) is 5.80. The maximum atomic E-state index is 10.4. The quantitative estimate of drug-likeness (QED) is 0.732. The molecule has 0 heterocycles. The van der Waals surface area contributed by atoms with E-state index in [0.717, 1.165) is 25.7 Å². The van der Waals surface area contributed by atoms with E-state index in [1.165, 1.54) is 11.1 Å². The first-order valence-corrected chi connectivity index (χ1v) is 5.80. The van der Waals surface area contributed by atoms with Crippen LogP contribution in [-0.4, -0.2) is 11.9 Å². The Labute approximate surface area is 98.1 Å². The summed E-state index contributed by atoms with van der Waals surface area (Å²) in [5, 5.41) is 2.84. The average molecular weight is 219 g/mol. The van der Waals surface area contributed by atoms with Crippen molar-refractivity contribution >= 4 is 6.41 Å². The lowest BCUT2D eigenvalue weighted by Gasteiger charge is -2.23. The zero-order chi connectivity index (χ0) is 12.0. The number of carbonyl (C=O) groups excluding carboxylic acids is 1. The Morgan fingerprint density at radius 2 is 1.88 bits per heavy atom. The monoisotopic (exact) mass is 219 g/mol. The van der Waals surface area contributed by atoms with Gasteiger partial charge in [-0.2, -0.15) is 0 Å². The number of carbonyl (C=O) groups is 1. The highest BCUT2D eigenvalue weighted by Gasteiger charge is 2.15. The van der Waals surface area contributed by atoms with Crippen LogP contribution < -0.4 is 5.32 Å². The van der Waals surface area contributed by atoms with Crippen LogP contribution in [0.3, 0.4) is 0 Å². The SMILES string of the molecule is Cc1ccc(CCCC(C)(C)NC=O)cc1. The van der Waals surface area contributed by atoms with E-state index in [-0.39, 0.29) is 5.54 Å². The fourth-order valence-corrected chi connectivity index (χ4v) is 1.72. The fourth-order valence-electron chi connectivity index (χ4n) is 1.72. The van der Waals surface area contributed by atoms with Crippen molar-refractivity contribution in [2.45, 2.75) is 45.6 Å². The summed E-state index contributed by atoms with van der Waals surface area (Å²) in [5.74, 6) is 0. The van der Waals surface area contributed by atoms with Crippen LogP contribution in [0.25, 0.3) is 0 Å². The summed E-state index contributed by atoms with van der Waals surface area (Å²) < 4.78 is 0. The molecule has 88 valence electrons. The molecule has 1 N–H and O–H groups in total. The van der Waals surface area contributed by atoms with E-state index in [1.807, 2.05) is 0 Å². The molecule has 0 spiro atoms. The second-order valence-corrected chi connectivity index (χ2v) is 4.99. The highest BCUT2D eigenvalue weighted by molar-refractivity contribution is 5.47. The summed E-state index contributed by atoms with van der Waals surface area (Å²) in [4.78, 5) is 10.4. The summed E-state index contributed by atoms with van der Waals surface area (Å²) in [6.45, 7) is 6.20. The summed E-state index contributed by atoms with van der Waals surface area (Å²) in [6.07, 6.45) is 3.95. The lowest BCUT2D eigenvalue weighted by Crippen LogP contribution is -2.38. The summed E-state index contributed by atoms with van der Waals surface area (Å²) in [6, 6.07) is 8.64. The molecule has 0 aromatic heterocycles. The van der Waals surface area contributed by atoms with Crippen molar-refractivity contribution in [3.05, 3.63) is 35.4 Å². The van der Waals surface area contributed by atoms with Gasteiger partial charge >= 0.3 is 0 Å². The molecular weight excluding hydrogens is 198 g/mol. The van der Waals surface area contributed by atoms with E-state index in [2.05, 4.69) is 50.4 Å². The van der Waals surface area contributed by atoms with Gasteiger partial charge in [-0.05, 0) is 45.6 Å². The van der Waals surface area contributed by atoms with Gasteiger partial charge in [-0.25, -0.2) is 0 Å². The normalized spacial score (nSPS) is 11.2. The van der Waals surface area contributed by atoms with E-state index < -0.39 is 0 Å². The largest absolute Gasteiger partial charge is 0.354 e. The smallest absolute Gasteiger partial charge is 0.207 e. The highest BCUT2D eigenvalue weighted by Crippen LogP contribution is 2.14. The molecule has 16 heavy (non-hydrogen) atoms. The van der Waals surface area contributed by atoms with Crippen molar-refractivity contribution < 1.29 is 4.79 Å². The number of nitrogens with one attached hydrogen (secondary N) is 1. The van der Waals surface area contributed by atoms with Gasteiger partial charge in [0.15, 0.2) is 0 Å². The Morgan fingerprint density at radius 1 is 1.25 bits per heavy atom. The van der Waals surface area contributed by atoms with E-state index in [0.29, 0.717) is 0 Å². The lowest BCUT2D eigenvalue weighted by molar-refractivity contribution is -0.111. The van der Waals surface area contributed by atoms with Gasteiger partial charge in [-0.3, -0.25) is 4.79 Å². The standard InChI is InChI=1S/C14H21NO/c1-12-6-8-13(9-7-12)5-4-10-14(2,3)15-11-16/h6-9,11H,4-5,10H2,1-3H3,(H,15,16). The first-order chi connectivity index (χ1) is 7.53. The molecular formula is C14H21NO. The topological polar surface area (TPSA) is 29.1 Å². The third-order valence-corrected chi connectivity index (χ3v) is 2.84. The maximum absolute atomic E-state index is 10.4. The Balaban J connectivity index is 2.35. The zero-order valence-corrected chi connectivity index (χ0v) is 10.4. The van der Waals surface area contributed by atoms with Crippen LogP contribution in [0.15, 0.2) is 24.3 Å². The van der Waals surface area contributed by atoms with Gasteiger partial charge in [0.25, 0.3) is 0 Å². The number of hydrogen-bond acceptors (Lipinski definition) is 1. The molecule has 0 aliphatic rings. The molecule has 1 aromatic carbocycles. The zero-order valence-electron chi connectivity index (χ0n) is 10.4. The van der Waals surface area contributed by atoms with Crippen LogP contribution in [0, 0.1) is 6.92 Å². The van der Waals surface area contributed by atoms with Crippen molar-refractivity contribution in [2.75, 3.05) is 0 Å². The van der Waals surface area contributed by atoms with Gasteiger partial charge < -0.3 is 5.32 Å². The molecule has 0 aliphatic carbocycles. The van der Waals surface area contributed by atoms with Crippen LogP contribution in [0.5, 0.6) is 0 Å². The van der Waals surface area contributed by atoms with Crippen LogP contribution in [0.4, 0.5) is 0 Å². The van der Waals surface area contributed by atoms with Crippen molar-refractivity contribution in [1.82, 2.24) is 5.32 Å². The number of amides is 1. The fraction of sp³-hybridized carbons (Fsp3) is 0.500. The molecule has 0 bridgehead atoms. The minimum atomic E-state index is -0.0908. The molecule has 0 saturated heterocycles. The van der Waals surface area contributed by atoms with E-state index in [4.69, 9.17) is 0 Å². The summed E-state index contributed by atoms with van der Waals surface area (Å²) >= 11 is 0. The average Bonchev–Trinajstić information content (AvgIpc) is 2.20. The number of hydrogen-bond donors (Lipinski definition) is 1. The van der Waals surface area contributed by atoms with Gasteiger partial charge in [-0.15, -0.1) is 0 Å². The van der Waals surface area contributed by atoms with Crippen molar-refractivity contribution in [2.24, 2.45) is 0 Å². The number of aryl methyl sites for hydroxylation is 2. The molecule has 0 aliphatic heterocycles. The third-order valence-electron chi connectivity index (χ3n) is 2.84. The van der Waals surface area contributed by atoms with Crippen molar-refractivity contribution in [3.63, 3.8) is 0 Å². The van der Waals surface area contributed by atoms with Crippen LogP contribution >= 0.6 is 0 Å². The molecule has 2 heteroatoms. The molecule has 1 aromatic rings. The van der Waals surface area contributed by atoms with E-state index in [1.54, 1.807) is 0 Å². The molecule has 1 rings (SSSR count). The molecule has 0 radical (unpaired) electrons. The van der Waals surface area contributed by atoms with Gasteiger partial charge in [0.2, 0.25) is 6.41 Å². The van der Waals surface area contributed by atoms with E-state index in [9.17, 15) is 4.79 Å². The van der Waals surface area contributed by atoms with Gasteiger partial charge in [0.1, 0.15) is 0 Å². The molecule has 0 unspecified atom stereocenters. The molecule has 0 atom stereocenters. The second-order valence-electron chi connectivity index (χ2n) is 4.99. The van der Waals surface area contributed by atoms with Gasteiger partial charge in [0.05, 0.1) is 0 Å². The minimum Gasteiger partial charge on any atom is -0.354 e. The third kappa shape index (κ3) is 4.47. The van der Waals surface area contributed by atoms with Gasteiger partial charge in [0, 0.05) is 5.54 Å². The minimum absolute atomic E-state index is 0.0908. The summed E-state index contributed by atoms with van der Waals surface area (Å²) in [7, 11) is 0. The van der Waals surface area contributed by atoms with Gasteiger partial charge in [-0.1, -0.05) is 29.8 Å². The second kappa shape index (κ2) is 5.69. The lowest BCUT2D eigenvalue weighted by atomic mass is 9.95. The Hall–Kier alpha value is -1.31. The van der Waals surface area contributed by atoms with Crippen LogP contribution in [0.1, 0.15) is 37.8 Å². The van der Waals surface area contributed by atoms with Crippen molar-refractivity contribution in [1.29, 1.82) is 0 Å². The highest BCUT2D eigenvalue weighted by atomic mass is 16.1. The van der Waals surface area contributed by atoms with E-state index >= 15 is 0 Å². The Bertz CT molecular complexity index is 327. The van der Waals surface area contributed by atoms with Crippen LogP contribution in [-0.2, 0) is 11.2 Å². The predicted octanol–water partition coefficient (Wildman–Crippen LogP) is 2.84. The number of benzene rings is 1. The number of rotatable bonds is 6. The van der Waals surface area contributed by atoms with Crippen molar-refractivity contribution in [3.8, 4) is 0 Å². The molecule has 1 amide bonds. The first kappa shape index (κ1) is 12.8. The molecule has 0 saturated carbocycles. The summed E-state index contributed by atoms with van der Waals surface area (Å²) in [5.41, 5.74) is 2.58. The predicted molar refractivity (Wildman–Crippen MR) is 67.4 cm³/mol. The molecule has 2 nitrogen and oxygen atoms in total. The molecule has 0 fully saturated rings.